The molecule has 0 amide bonds. The molecule has 90 valence electrons. The van der Waals surface area contributed by atoms with E-state index in [2.05, 4.69) is 6.07 Å². The fraction of sp³-hybridized carbons (Fsp3) is 0.0714. The lowest BCUT2D eigenvalue weighted by Crippen LogP contribution is -1.98. The molecule has 4 heteroatoms. The molecule has 0 spiro atoms. The van der Waals surface area contributed by atoms with Gasteiger partial charge >= 0.3 is 0 Å². The second kappa shape index (κ2) is 5.77. The second-order valence-corrected chi connectivity index (χ2v) is 4.48. The lowest BCUT2D eigenvalue weighted by molar-refractivity contribution is 0.306. The molecule has 0 saturated carbocycles. The lowest BCUT2D eigenvalue weighted by Gasteiger charge is -2.09. The molecule has 2 aromatic carbocycles. The molecular weight excluding hydrogens is 269 g/mol. The molecule has 0 radical (unpaired) electrons. The van der Waals surface area contributed by atoms with Crippen LogP contribution < -0.4 is 4.74 Å². The number of benzene rings is 2. The van der Waals surface area contributed by atoms with Crippen LogP contribution in [0.1, 0.15) is 11.1 Å². The molecule has 0 unspecified atom stereocenters. The Kier molecular flexibility index (Phi) is 4.09. The van der Waals surface area contributed by atoms with Crippen molar-refractivity contribution in [3.63, 3.8) is 0 Å². The van der Waals surface area contributed by atoms with E-state index in [1.165, 1.54) is 0 Å². The van der Waals surface area contributed by atoms with Gasteiger partial charge in [-0.15, -0.1) is 0 Å². The van der Waals surface area contributed by atoms with Crippen molar-refractivity contribution in [2.75, 3.05) is 0 Å². The van der Waals surface area contributed by atoms with E-state index in [0.717, 1.165) is 5.56 Å². The van der Waals surface area contributed by atoms with Gasteiger partial charge in [0.2, 0.25) is 0 Å². The van der Waals surface area contributed by atoms with Crippen molar-refractivity contribution in [3.8, 4) is 11.8 Å². The highest BCUT2D eigenvalue weighted by molar-refractivity contribution is 6.34. The molecule has 2 aromatic rings. The third-order valence-electron chi connectivity index (χ3n) is 2.41. The Morgan fingerprint density at radius 3 is 2.67 bits per heavy atom. The Labute approximate surface area is 115 Å². The topological polar surface area (TPSA) is 33.0 Å². The third kappa shape index (κ3) is 2.95. The van der Waals surface area contributed by atoms with Crippen molar-refractivity contribution in [1.82, 2.24) is 0 Å². The summed E-state index contributed by atoms with van der Waals surface area (Å²) in [6, 6.07) is 14.4. The highest BCUT2D eigenvalue weighted by Gasteiger charge is 2.05. The smallest absolute Gasteiger partial charge is 0.139 e. The molecule has 0 heterocycles. The Morgan fingerprint density at radius 1 is 1.11 bits per heavy atom. The average Bonchev–Trinajstić information content (AvgIpc) is 2.40. The van der Waals surface area contributed by atoms with E-state index in [1.54, 1.807) is 24.3 Å². The SMILES string of the molecule is N#Cc1ccccc1COc1cc(Cl)ccc1Cl. The fourth-order valence-electron chi connectivity index (χ4n) is 1.50. The zero-order valence-electron chi connectivity index (χ0n) is 9.36. The van der Waals surface area contributed by atoms with Gasteiger partial charge in [0.05, 0.1) is 16.7 Å². The average molecular weight is 278 g/mol. The first-order valence-electron chi connectivity index (χ1n) is 5.26. The van der Waals surface area contributed by atoms with E-state index < -0.39 is 0 Å². The summed E-state index contributed by atoms with van der Waals surface area (Å²) in [4.78, 5) is 0. The van der Waals surface area contributed by atoms with E-state index in [-0.39, 0.29) is 6.61 Å². The van der Waals surface area contributed by atoms with Crippen molar-refractivity contribution in [2.24, 2.45) is 0 Å². The third-order valence-corrected chi connectivity index (χ3v) is 2.96. The van der Waals surface area contributed by atoms with Crippen LogP contribution in [-0.2, 0) is 6.61 Å². The summed E-state index contributed by atoms with van der Waals surface area (Å²) < 4.78 is 5.58. The maximum absolute atomic E-state index is 8.96. The van der Waals surface area contributed by atoms with Gasteiger partial charge in [0.15, 0.2) is 0 Å². The lowest BCUT2D eigenvalue weighted by atomic mass is 10.1. The summed E-state index contributed by atoms with van der Waals surface area (Å²) in [7, 11) is 0. The van der Waals surface area contributed by atoms with Gasteiger partial charge in [-0.1, -0.05) is 41.4 Å². The van der Waals surface area contributed by atoms with Gasteiger partial charge in [0.25, 0.3) is 0 Å². The van der Waals surface area contributed by atoms with Crippen LogP contribution in [0.2, 0.25) is 10.0 Å². The van der Waals surface area contributed by atoms with Gasteiger partial charge in [-0.2, -0.15) is 5.26 Å². The molecule has 2 nitrogen and oxygen atoms in total. The van der Waals surface area contributed by atoms with Crippen molar-refractivity contribution in [1.29, 1.82) is 5.26 Å². The maximum atomic E-state index is 8.96. The number of nitrogens with zero attached hydrogens (tertiary/aromatic N) is 1. The van der Waals surface area contributed by atoms with E-state index in [9.17, 15) is 0 Å². The number of nitriles is 1. The highest BCUT2D eigenvalue weighted by atomic mass is 35.5. The molecule has 0 atom stereocenters. The molecule has 0 saturated heterocycles. The predicted molar refractivity (Wildman–Crippen MR) is 72.0 cm³/mol. The first-order valence-corrected chi connectivity index (χ1v) is 6.02. The van der Waals surface area contributed by atoms with Crippen molar-refractivity contribution < 1.29 is 4.74 Å². The Bertz CT molecular complexity index is 605. The van der Waals surface area contributed by atoms with Gasteiger partial charge in [-0.25, -0.2) is 0 Å². The van der Waals surface area contributed by atoms with Gasteiger partial charge in [-0.3, -0.25) is 0 Å². The number of ether oxygens (including phenoxy) is 1. The molecule has 0 fully saturated rings. The van der Waals surface area contributed by atoms with Crippen LogP contribution in [0, 0.1) is 11.3 Å². The summed E-state index contributed by atoms with van der Waals surface area (Å²) in [6.07, 6.45) is 0. The van der Waals surface area contributed by atoms with Crippen LogP contribution in [0.15, 0.2) is 42.5 Å². The van der Waals surface area contributed by atoms with E-state index >= 15 is 0 Å². The number of rotatable bonds is 3. The van der Waals surface area contributed by atoms with Crippen LogP contribution in [0.4, 0.5) is 0 Å². The van der Waals surface area contributed by atoms with Gasteiger partial charge in [0.1, 0.15) is 12.4 Å². The molecule has 0 aliphatic heterocycles. The van der Waals surface area contributed by atoms with E-state index in [0.29, 0.717) is 21.4 Å². The van der Waals surface area contributed by atoms with Crippen LogP contribution in [0.25, 0.3) is 0 Å². The summed E-state index contributed by atoms with van der Waals surface area (Å²) in [5, 5.41) is 10.0. The summed E-state index contributed by atoms with van der Waals surface area (Å²) in [5.41, 5.74) is 1.41. The van der Waals surface area contributed by atoms with Crippen LogP contribution in [-0.4, -0.2) is 0 Å². The second-order valence-electron chi connectivity index (χ2n) is 3.63. The molecule has 2 rings (SSSR count). The fourth-order valence-corrected chi connectivity index (χ4v) is 1.83. The molecule has 0 aromatic heterocycles. The minimum Gasteiger partial charge on any atom is -0.487 e. The minimum absolute atomic E-state index is 0.282. The predicted octanol–water partition coefficient (Wildman–Crippen LogP) is 4.44. The van der Waals surface area contributed by atoms with Crippen molar-refractivity contribution in [2.45, 2.75) is 6.61 Å². The van der Waals surface area contributed by atoms with Gasteiger partial charge < -0.3 is 4.74 Å². The van der Waals surface area contributed by atoms with Gasteiger partial charge in [-0.05, 0) is 18.2 Å². The van der Waals surface area contributed by atoms with Crippen LogP contribution in [0.5, 0.6) is 5.75 Å². The number of hydrogen-bond acceptors (Lipinski definition) is 2. The Balaban J connectivity index is 2.17. The minimum atomic E-state index is 0.282. The van der Waals surface area contributed by atoms with Crippen LogP contribution in [0.3, 0.4) is 0 Å². The first-order chi connectivity index (χ1) is 8.70. The van der Waals surface area contributed by atoms with E-state index in [4.69, 9.17) is 33.2 Å². The largest absolute Gasteiger partial charge is 0.487 e. The highest BCUT2D eigenvalue weighted by Crippen LogP contribution is 2.28. The Hall–Kier alpha value is -1.69. The Morgan fingerprint density at radius 2 is 1.89 bits per heavy atom. The van der Waals surface area contributed by atoms with E-state index in [1.807, 2.05) is 18.2 Å². The summed E-state index contributed by atoms with van der Waals surface area (Å²) in [6.45, 7) is 0.282. The molecule has 0 bridgehead atoms. The molecule has 18 heavy (non-hydrogen) atoms. The zero-order valence-corrected chi connectivity index (χ0v) is 10.9. The van der Waals surface area contributed by atoms with Crippen LogP contribution >= 0.6 is 23.2 Å². The quantitative estimate of drug-likeness (QED) is 0.831. The normalized spacial score (nSPS) is 9.83. The summed E-state index contributed by atoms with van der Waals surface area (Å²) in [5.74, 6) is 0.511. The number of halogens is 2. The van der Waals surface area contributed by atoms with Crippen molar-refractivity contribution >= 4 is 23.2 Å². The monoisotopic (exact) mass is 277 g/mol. The summed E-state index contributed by atoms with van der Waals surface area (Å²) >= 11 is 11.9. The van der Waals surface area contributed by atoms with Crippen molar-refractivity contribution in [3.05, 3.63) is 63.6 Å². The standard InChI is InChI=1S/C14H9Cl2NO/c15-12-5-6-13(16)14(7-12)18-9-11-4-2-1-3-10(11)8-17/h1-7H,9H2. The number of hydrogen-bond donors (Lipinski definition) is 0. The zero-order chi connectivity index (χ0) is 13.0. The first kappa shape index (κ1) is 12.8. The molecule has 0 aliphatic carbocycles. The molecule has 0 N–H and O–H groups in total. The van der Waals surface area contributed by atoms with Gasteiger partial charge in [0, 0.05) is 16.7 Å². The maximum Gasteiger partial charge on any atom is 0.139 e. The molecule has 0 aliphatic rings. The molecular formula is C14H9Cl2NO.